The average Bonchev–Trinajstić information content (AvgIpc) is 2.94. The fourth-order valence-electron chi connectivity index (χ4n) is 4.94. The number of nitrogens with zero attached hydrogens (tertiary/aromatic N) is 1. The fourth-order valence-corrected chi connectivity index (χ4v) is 4.94. The third-order valence-electron chi connectivity index (χ3n) is 6.68. The minimum absolute atomic E-state index is 0.180. The summed E-state index contributed by atoms with van der Waals surface area (Å²) in [6.45, 7) is 0.180. The zero-order valence-corrected chi connectivity index (χ0v) is 19.6. The lowest BCUT2D eigenvalue weighted by molar-refractivity contribution is 0.0607. The second-order valence-electron chi connectivity index (χ2n) is 8.90. The zero-order valence-electron chi connectivity index (χ0n) is 19.6. The van der Waals surface area contributed by atoms with E-state index in [0.717, 1.165) is 37.9 Å². The van der Waals surface area contributed by atoms with Gasteiger partial charge in [0.1, 0.15) is 0 Å². The molecule has 0 saturated carbocycles. The molecule has 6 aromatic rings. The lowest BCUT2D eigenvalue weighted by Crippen LogP contribution is -2.36. The third kappa shape index (κ3) is 3.81. The van der Waals surface area contributed by atoms with Gasteiger partial charge in [-0.15, -0.1) is 0 Å². The van der Waals surface area contributed by atoms with Crippen molar-refractivity contribution in [2.24, 2.45) is 0 Å². The van der Waals surface area contributed by atoms with Gasteiger partial charge in [-0.1, -0.05) is 115 Å². The molecule has 0 aliphatic rings. The maximum Gasteiger partial charge on any atom is 0.262 e. The van der Waals surface area contributed by atoms with Crippen molar-refractivity contribution < 1.29 is 9.59 Å². The summed E-state index contributed by atoms with van der Waals surface area (Å²) in [5.74, 6) is -0.609. The zero-order chi connectivity index (χ0) is 24.5. The molecule has 0 N–H and O–H groups in total. The van der Waals surface area contributed by atoms with Gasteiger partial charge in [0.05, 0.1) is 12.1 Å². The Balaban J connectivity index is 1.56. The summed E-state index contributed by atoms with van der Waals surface area (Å²) in [6.07, 6.45) is 0. The molecule has 0 aromatic heterocycles. The molecule has 6 rings (SSSR count). The summed E-state index contributed by atoms with van der Waals surface area (Å²) < 4.78 is 0. The lowest BCUT2D eigenvalue weighted by Gasteiger charge is -2.24. The number of fused-ring (bicyclic) bond motifs is 3. The van der Waals surface area contributed by atoms with E-state index in [1.54, 1.807) is 6.07 Å². The molecule has 0 spiro atoms. The van der Waals surface area contributed by atoms with Crippen molar-refractivity contribution in [1.29, 1.82) is 0 Å². The summed E-state index contributed by atoms with van der Waals surface area (Å²) in [7, 11) is 0. The lowest BCUT2D eigenvalue weighted by atomic mass is 9.95. The van der Waals surface area contributed by atoms with Crippen molar-refractivity contribution >= 4 is 44.1 Å². The molecule has 0 aliphatic carbocycles. The molecule has 6 aromatic carbocycles. The smallest absolute Gasteiger partial charge is 0.262 e. The maximum atomic E-state index is 14.4. The van der Waals surface area contributed by atoms with Crippen LogP contribution in [-0.4, -0.2) is 16.7 Å². The Kier molecular flexibility index (Phi) is 5.51. The van der Waals surface area contributed by atoms with E-state index in [1.165, 1.54) is 4.90 Å². The minimum Gasteiger partial charge on any atom is -0.270 e. The molecular weight excluding hydrogens is 442 g/mol. The van der Waals surface area contributed by atoms with Crippen LogP contribution >= 0.6 is 0 Å². The highest BCUT2D eigenvalue weighted by Gasteiger charge is 2.28. The summed E-state index contributed by atoms with van der Waals surface area (Å²) in [6, 6.07) is 40.9. The molecular formula is C33H23NO2. The highest BCUT2D eigenvalue weighted by Crippen LogP contribution is 2.31. The van der Waals surface area contributed by atoms with Gasteiger partial charge < -0.3 is 0 Å². The Morgan fingerprint density at radius 1 is 0.500 bits per heavy atom. The first-order chi connectivity index (χ1) is 17.7. The van der Waals surface area contributed by atoms with Crippen molar-refractivity contribution in [3.05, 3.63) is 144 Å². The van der Waals surface area contributed by atoms with Gasteiger partial charge in [-0.05, 0) is 50.0 Å². The van der Waals surface area contributed by atoms with Crippen LogP contribution in [0.4, 0.5) is 0 Å². The summed E-state index contributed by atoms with van der Waals surface area (Å²) in [4.78, 5) is 30.0. The summed E-state index contributed by atoms with van der Waals surface area (Å²) in [5.41, 5.74) is 1.96. The predicted molar refractivity (Wildman–Crippen MR) is 146 cm³/mol. The van der Waals surface area contributed by atoms with Gasteiger partial charge in [-0.3, -0.25) is 14.5 Å². The van der Waals surface area contributed by atoms with Crippen molar-refractivity contribution in [2.45, 2.75) is 6.54 Å². The number of hydrogen-bond donors (Lipinski definition) is 0. The van der Waals surface area contributed by atoms with Crippen molar-refractivity contribution in [3.63, 3.8) is 0 Å². The first-order valence-corrected chi connectivity index (χ1v) is 12.0. The second-order valence-corrected chi connectivity index (χ2v) is 8.90. The van der Waals surface area contributed by atoms with Crippen LogP contribution < -0.4 is 0 Å². The summed E-state index contributed by atoms with van der Waals surface area (Å²) in [5, 5.41) is 5.41. The second kappa shape index (κ2) is 9.12. The molecule has 3 nitrogen and oxygen atoms in total. The van der Waals surface area contributed by atoms with Gasteiger partial charge in [0, 0.05) is 5.56 Å². The Labute approximate surface area is 209 Å². The molecule has 0 saturated heterocycles. The minimum atomic E-state index is -0.308. The molecule has 0 fully saturated rings. The van der Waals surface area contributed by atoms with Crippen molar-refractivity contribution in [1.82, 2.24) is 4.90 Å². The van der Waals surface area contributed by atoms with Crippen LogP contribution in [0.3, 0.4) is 0 Å². The summed E-state index contributed by atoms with van der Waals surface area (Å²) >= 11 is 0. The molecule has 2 amide bonds. The predicted octanol–water partition coefficient (Wildman–Crippen LogP) is 7.63. The van der Waals surface area contributed by atoms with Crippen LogP contribution in [0.25, 0.3) is 32.3 Å². The fraction of sp³-hybridized carbons (Fsp3) is 0.0303. The van der Waals surface area contributed by atoms with Crippen molar-refractivity contribution in [2.75, 3.05) is 0 Å². The molecule has 36 heavy (non-hydrogen) atoms. The molecule has 0 bridgehead atoms. The Bertz CT molecular complexity index is 1700. The van der Waals surface area contributed by atoms with E-state index in [0.29, 0.717) is 11.1 Å². The van der Waals surface area contributed by atoms with Gasteiger partial charge in [-0.25, -0.2) is 0 Å². The number of carbonyl (C=O) groups excluding carboxylic acids is 2. The van der Waals surface area contributed by atoms with E-state index < -0.39 is 0 Å². The number of imide groups is 1. The number of hydrogen-bond acceptors (Lipinski definition) is 2. The Morgan fingerprint density at radius 2 is 1.03 bits per heavy atom. The Hall–Kier alpha value is -4.76. The quantitative estimate of drug-likeness (QED) is 0.198. The van der Waals surface area contributed by atoms with Crippen LogP contribution in [0, 0.1) is 0 Å². The monoisotopic (exact) mass is 465 g/mol. The van der Waals surface area contributed by atoms with E-state index in [2.05, 4.69) is 6.07 Å². The standard InChI is InChI=1S/C33H23NO2/c35-32(30-20-10-16-24-13-4-7-17-27(24)30)34(22-23-11-2-1-3-12-23)33(36)31-28-18-8-5-14-25(28)21-26-15-6-9-19-29(26)31/h1-21H,22H2. The molecule has 0 heterocycles. The van der Waals surface area contributed by atoms with E-state index in [1.807, 2.05) is 115 Å². The maximum absolute atomic E-state index is 14.4. The molecule has 0 radical (unpaired) electrons. The molecule has 3 heteroatoms. The number of rotatable bonds is 4. The van der Waals surface area contributed by atoms with Crippen LogP contribution in [-0.2, 0) is 6.54 Å². The van der Waals surface area contributed by atoms with Crippen LogP contribution in [0.5, 0.6) is 0 Å². The van der Waals surface area contributed by atoms with Gasteiger partial charge in [0.15, 0.2) is 0 Å². The van der Waals surface area contributed by atoms with E-state index in [4.69, 9.17) is 0 Å². The highest BCUT2D eigenvalue weighted by molar-refractivity contribution is 6.23. The molecule has 0 unspecified atom stereocenters. The van der Waals surface area contributed by atoms with E-state index >= 15 is 0 Å². The van der Waals surface area contributed by atoms with Crippen LogP contribution in [0.1, 0.15) is 26.3 Å². The number of amides is 2. The first-order valence-electron chi connectivity index (χ1n) is 12.0. The number of carbonyl (C=O) groups is 2. The van der Waals surface area contributed by atoms with Crippen LogP contribution in [0.15, 0.2) is 127 Å². The van der Waals surface area contributed by atoms with Gasteiger partial charge >= 0.3 is 0 Å². The number of benzene rings is 6. The van der Waals surface area contributed by atoms with Crippen molar-refractivity contribution in [3.8, 4) is 0 Å². The van der Waals surface area contributed by atoms with Gasteiger partial charge in [-0.2, -0.15) is 0 Å². The van der Waals surface area contributed by atoms with Crippen LogP contribution in [0.2, 0.25) is 0 Å². The molecule has 0 atom stereocenters. The van der Waals surface area contributed by atoms with Gasteiger partial charge in [0.25, 0.3) is 11.8 Å². The average molecular weight is 466 g/mol. The Morgan fingerprint density at radius 3 is 1.69 bits per heavy atom. The largest absolute Gasteiger partial charge is 0.270 e. The third-order valence-corrected chi connectivity index (χ3v) is 6.68. The normalized spacial score (nSPS) is 11.1. The molecule has 0 aliphatic heterocycles. The van der Waals surface area contributed by atoms with E-state index in [9.17, 15) is 9.59 Å². The highest BCUT2D eigenvalue weighted by atomic mass is 16.2. The van der Waals surface area contributed by atoms with Gasteiger partial charge in [0.2, 0.25) is 0 Å². The first kappa shape index (κ1) is 21.8. The van der Waals surface area contributed by atoms with E-state index in [-0.39, 0.29) is 18.4 Å². The topological polar surface area (TPSA) is 37.4 Å². The SMILES string of the molecule is O=C(c1cccc2ccccc12)N(Cc1ccccc1)C(=O)c1c2ccccc2cc2ccccc12. The molecule has 172 valence electrons.